The van der Waals surface area contributed by atoms with Crippen molar-refractivity contribution in [2.75, 3.05) is 32.5 Å². The molecule has 0 spiro atoms. The number of hydrogen-bond donors (Lipinski definition) is 0. The number of ether oxygens (including phenoxy) is 1. The number of rotatable bonds is 2. The summed E-state index contributed by atoms with van der Waals surface area (Å²) in [5.41, 5.74) is 1.74. The highest BCUT2D eigenvalue weighted by atomic mass is 32.2. The number of aryl methyl sites for hydroxylation is 1. The molecule has 0 bridgehead atoms. The molecule has 23 heavy (non-hydrogen) atoms. The molecule has 2 aliphatic heterocycles. The number of morpholine rings is 1. The molecule has 1 aromatic carbocycles. The molecule has 6 nitrogen and oxygen atoms in total. The van der Waals surface area contributed by atoms with Crippen LogP contribution in [0.3, 0.4) is 0 Å². The van der Waals surface area contributed by atoms with E-state index in [0.717, 1.165) is 5.56 Å². The van der Waals surface area contributed by atoms with Crippen molar-refractivity contribution in [2.45, 2.75) is 25.5 Å². The summed E-state index contributed by atoms with van der Waals surface area (Å²) in [6.07, 6.45) is 1.75. The van der Waals surface area contributed by atoms with Gasteiger partial charge in [0, 0.05) is 25.2 Å². The molecule has 0 N–H and O–H groups in total. The highest BCUT2D eigenvalue weighted by Crippen LogP contribution is 2.26. The quantitative estimate of drug-likeness (QED) is 0.802. The molecule has 1 amide bonds. The number of likely N-dealkylation sites (tertiary alicyclic amines) is 1. The first kappa shape index (κ1) is 16.4. The van der Waals surface area contributed by atoms with E-state index < -0.39 is 10.0 Å². The van der Waals surface area contributed by atoms with E-state index in [1.165, 1.54) is 10.6 Å². The van der Waals surface area contributed by atoms with Gasteiger partial charge in [-0.15, -0.1) is 0 Å². The standard InChI is InChI=1S/C16H22N2O4S/c1-12-3-5-13(6-4-12)16(19)17-8-7-15-14(11-17)18(9-10-22-15)23(2,20)21/h3-6,14-15H,7-11H2,1-2H3/t14-,15-/m1/s1. The summed E-state index contributed by atoms with van der Waals surface area (Å²) in [6.45, 7) is 3.71. The van der Waals surface area contributed by atoms with Crippen LogP contribution in [0.15, 0.2) is 24.3 Å². The zero-order valence-corrected chi connectivity index (χ0v) is 14.3. The number of amides is 1. The maximum absolute atomic E-state index is 12.7. The summed E-state index contributed by atoms with van der Waals surface area (Å²) >= 11 is 0. The van der Waals surface area contributed by atoms with Gasteiger partial charge in [0.15, 0.2) is 0 Å². The third-order valence-electron chi connectivity index (χ3n) is 4.55. The van der Waals surface area contributed by atoms with E-state index in [2.05, 4.69) is 0 Å². The van der Waals surface area contributed by atoms with E-state index in [1.807, 2.05) is 31.2 Å². The monoisotopic (exact) mass is 338 g/mol. The molecule has 1 aromatic rings. The number of carbonyl (C=O) groups is 1. The minimum absolute atomic E-state index is 0.0533. The normalized spacial score (nSPS) is 25.9. The van der Waals surface area contributed by atoms with Crippen LogP contribution in [-0.2, 0) is 14.8 Å². The maximum Gasteiger partial charge on any atom is 0.253 e. The molecule has 0 aliphatic carbocycles. The van der Waals surface area contributed by atoms with Gasteiger partial charge < -0.3 is 9.64 Å². The molecule has 7 heteroatoms. The number of sulfonamides is 1. The third-order valence-corrected chi connectivity index (χ3v) is 5.85. The highest BCUT2D eigenvalue weighted by Gasteiger charge is 2.42. The first-order chi connectivity index (χ1) is 10.9. The number of carbonyl (C=O) groups excluding carboxylic acids is 1. The lowest BCUT2D eigenvalue weighted by Crippen LogP contribution is -2.61. The van der Waals surface area contributed by atoms with Gasteiger partial charge in [0.25, 0.3) is 5.91 Å². The van der Waals surface area contributed by atoms with Gasteiger partial charge in [-0.1, -0.05) is 17.7 Å². The van der Waals surface area contributed by atoms with Crippen LogP contribution < -0.4 is 0 Å². The van der Waals surface area contributed by atoms with Crippen LogP contribution in [0.4, 0.5) is 0 Å². The second-order valence-electron chi connectivity index (χ2n) is 6.26. The second kappa shape index (κ2) is 6.22. The number of piperidine rings is 1. The second-order valence-corrected chi connectivity index (χ2v) is 8.19. The van der Waals surface area contributed by atoms with Crippen molar-refractivity contribution < 1.29 is 17.9 Å². The fourth-order valence-electron chi connectivity index (χ4n) is 3.32. The Morgan fingerprint density at radius 1 is 1.22 bits per heavy atom. The third kappa shape index (κ3) is 3.41. The molecule has 2 atom stereocenters. The van der Waals surface area contributed by atoms with Crippen molar-refractivity contribution in [3.05, 3.63) is 35.4 Å². The van der Waals surface area contributed by atoms with Crippen molar-refractivity contribution >= 4 is 15.9 Å². The van der Waals surface area contributed by atoms with Crippen molar-refractivity contribution in [2.24, 2.45) is 0 Å². The van der Waals surface area contributed by atoms with Gasteiger partial charge in [-0.25, -0.2) is 8.42 Å². The van der Waals surface area contributed by atoms with Gasteiger partial charge in [0.2, 0.25) is 10.0 Å². The van der Waals surface area contributed by atoms with E-state index in [9.17, 15) is 13.2 Å². The van der Waals surface area contributed by atoms with Crippen molar-refractivity contribution in [1.29, 1.82) is 0 Å². The van der Waals surface area contributed by atoms with Gasteiger partial charge in [0.1, 0.15) is 0 Å². The molecule has 3 rings (SSSR count). The Balaban J connectivity index is 1.78. The van der Waals surface area contributed by atoms with E-state index in [4.69, 9.17) is 4.74 Å². The number of nitrogens with zero attached hydrogens (tertiary/aromatic N) is 2. The maximum atomic E-state index is 12.7. The molecule has 2 aliphatic rings. The Labute approximate surface area is 137 Å². The lowest BCUT2D eigenvalue weighted by molar-refractivity contribution is -0.0704. The SMILES string of the molecule is Cc1ccc(C(=O)N2CC[C@H]3OCCN(S(C)(=O)=O)[C@@H]3C2)cc1. The van der Waals surface area contributed by atoms with Gasteiger partial charge in [-0.05, 0) is 25.5 Å². The lowest BCUT2D eigenvalue weighted by atomic mass is 9.99. The van der Waals surface area contributed by atoms with Gasteiger partial charge in [-0.3, -0.25) is 4.79 Å². The molecular weight excluding hydrogens is 316 g/mol. The molecule has 126 valence electrons. The number of benzene rings is 1. The van der Waals surface area contributed by atoms with E-state index >= 15 is 0 Å². The molecule has 2 heterocycles. The Kier molecular flexibility index (Phi) is 4.44. The first-order valence-corrected chi connectivity index (χ1v) is 9.65. The molecule has 0 radical (unpaired) electrons. The summed E-state index contributed by atoms with van der Waals surface area (Å²) in [7, 11) is -3.30. The summed E-state index contributed by atoms with van der Waals surface area (Å²) in [5, 5.41) is 0. The highest BCUT2D eigenvalue weighted by molar-refractivity contribution is 7.88. The summed E-state index contributed by atoms with van der Waals surface area (Å²) in [5.74, 6) is -0.0533. The predicted molar refractivity (Wildman–Crippen MR) is 86.8 cm³/mol. The van der Waals surface area contributed by atoms with Crippen LogP contribution in [0.2, 0.25) is 0 Å². The minimum atomic E-state index is -3.30. The van der Waals surface area contributed by atoms with Gasteiger partial charge in [-0.2, -0.15) is 4.31 Å². The molecule has 0 aromatic heterocycles. The molecule has 0 unspecified atom stereocenters. The van der Waals surface area contributed by atoms with Crippen molar-refractivity contribution in [3.8, 4) is 0 Å². The van der Waals surface area contributed by atoms with Crippen LogP contribution in [0.25, 0.3) is 0 Å². The first-order valence-electron chi connectivity index (χ1n) is 7.80. The summed E-state index contributed by atoms with van der Waals surface area (Å²) < 4.78 is 31.2. The smallest absolute Gasteiger partial charge is 0.253 e. The van der Waals surface area contributed by atoms with E-state index in [1.54, 1.807) is 4.90 Å². The van der Waals surface area contributed by atoms with E-state index in [-0.39, 0.29) is 18.1 Å². The van der Waals surface area contributed by atoms with Crippen LogP contribution >= 0.6 is 0 Å². The van der Waals surface area contributed by atoms with Crippen molar-refractivity contribution in [3.63, 3.8) is 0 Å². The van der Waals surface area contributed by atoms with Gasteiger partial charge in [0.05, 0.1) is 25.0 Å². The fourth-order valence-corrected chi connectivity index (χ4v) is 4.42. The Morgan fingerprint density at radius 2 is 1.91 bits per heavy atom. The van der Waals surface area contributed by atoms with Crippen LogP contribution in [0, 0.1) is 6.92 Å². The summed E-state index contributed by atoms with van der Waals surface area (Å²) in [6, 6.07) is 7.16. The molecule has 2 fully saturated rings. The average Bonchev–Trinajstić information content (AvgIpc) is 2.53. The fraction of sp³-hybridized carbons (Fsp3) is 0.562. The Hall–Kier alpha value is -1.44. The predicted octanol–water partition coefficient (Wildman–Crippen LogP) is 0.870. The van der Waals surface area contributed by atoms with Crippen LogP contribution in [0.5, 0.6) is 0 Å². The molecule has 0 saturated carbocycles. The zero-order chi connectivity index (χ0) is 16.6. The average molecular weight is 338 g/mol. The number of fused-ring (bicyclic) bond motifs is 1. The van der Waals surface area contributed by atoms with Crippen LogP contribution in [0.1, 0.15) is 22.3 Å². The number of hydrogen-bond acceptors (Lipinski definition) is 4. The van der Waals surface area contributed by atoms with Crippen molar-refractivity contribution in [1.82, 2.24) is 9.21 Å². The van der Waals surface area contributed by atoms with E-state index in [0.29, 0.717) is 38.2 Å². The topological polar surface area (TPSA) is 66.9 Å². The minimum Gasteiger partial charge on any atom is -0.375 e. The van der Waals surface area contributed by atoms with Crippen LogP contribution in [-0.4, -0.2) is 68.2 Å². The lowest BCUT2D eigenvalue weighted by Gasteiger charge is -2.45. The Bertz CT molecular complexity index is 687. The zero-order valence-electron chi connectivity index (χ0n) is 13.4. The molecule has 2 saturated heterocycles. The van der Waals surface area contributed by atoms with Gasteiger partial charge >= 0.3 is 0 Å². The largest absolute Gasteiger partial charge is 0.375 e. The Morgan fingerprint density at radius 3 is 2.57 bits per heavy atom. The molecular formula is C16H22N2O4S. The summed E-state index contributed by atoms with van der Waals surface area (Å²) in [4.78, 5) is 14.4.